The molecule has 0 unspecified atom stereocenters. The van der Waals surface area contributed by atoms with Gasteiger partial charge in [0, 0.05) is 18.8 Å². The van der Waals surface area contributed by atoms with E-state index < -0.39 is 0 Å². The van der Waals surface area contributed by atoms with Gasteiger partial charge in [-0.2, -0.15) is 0 Å². The number of nitrogens with zero attached hydrogens (tertiary/aromatic N) is 1. The van der Waals surface area contributed by atoms with Crippen LogP contribution in [-0.2, 0) is 13.1 Å². The zero-order valence-corrected chi connectivity index (χ0v) is 12.5. The summed E-state index contributed by atoms with van der Waals surface area (Å²) >= 11 is 0. The van der Waals surface area contributed by atoms with Crippen molar-refractivity contribution in [2.75, 3.05) is 12.3 Å². The molecular weight excluding hydrogens is 244 g/mol. The van der Waals surface area contributed by atoms with E-state index in [1.165, 1.54) is 23.1 Å². The Bertz CT molecular complexity index is 467. The first-order valence-electron chi connectivity index (χ1n) is 7.29. The molecule has 0 fully saturated rings. The molecule has 0 amide bonds. The van der Waals surface area contributed by atoms with Crippen LogP contribution in [0, 0.1) is 6.92 Å². The van der Waals surface area contributed by atoms with Gasteiger partial charge in [0.1, 0.15) is 0 Å². The summed E-state index contributed by atoms with van der Waals surface area (Å²) in [7, 11) is 0. The highest BCUT2D eigenvalue weighted by Gasteiger charge is 2.06. The predicted octanol–water partition coefficient (Wildman–Crippen LogP) is 3.99. The Kier molecular flexibility index (Phi) is 5.19. The number of nitrogen functional groups attached to an aromatic ring is 1. The molecule has 0 spiro atoms. The van der Waals surface area contributed by atoms with Gasteiger partial charge >= 0.3 is 0 Å². The van der Waals surface area contributed by atoms with E-state index in [1.54, 1.807) is 0 Å². The second-order valence-electron chi connectivity index (χ2n) is 5.44. The third-order valence-corrected chi connectivity index (χ3v) is 3.45. The predicted molar refractivity (Wildman–Crippen MR) is 86.4 cm³/mol. The normalized spacial score (nSPS) is 10.9. The molecule has 0 saturated carbocycles. The first-order chi connectivity index (χ1) is 9.67. The van der Waals surface area contributed by atoms with Crippen LogP contribution in [-0.4, -0.2) is 11.4 Å². The fraction of sp³-hybridized carbons (Fsp3) is 0.333. The highest BCUT2D eigenvalue weighted by Crippen LogP contribution is 2.13. The molecule has 0 radical (unpaired) electrons. The van der Waals surface area contributed by atoms with E-state index >= 15 is 0 Å². The maximum absolute atomic E-state index is 5.74. The zero-order valence-electron chi connectivity index (χ0n) is 12.5. The Morgan fingerprint density at radius 1 is 0.850 bits per heavy atom. The molecule has 0 saturated heterocycles. The van der Waals surface area contributed by atoms with Crippen molar-refractivity contribution >= 4 is 5.69 Å². The fourth-order valence-corrected chi connectivity index (χ4v) is 2.36. The Morgan fingerprint density at radius 3 is 1.85 bits per heavy atom. The molecule has 0 aliphatic rings. The van der Waals surface area contributed by atoms with Crippen LogP contribution in [0.25, 0.3) is 0 Å². The van der Waals surface area contributed by atoms with Crippen LogP contribution in [0.2, 0.25) is 0 Å². The highest BCUT2D eigenvalue weighted by atomic mass is 15.1. The molecule has 20 heavy (non-hydrogen) atoms. The summed E-state index contributed by atoms with van der Waals surface area (Å²) in [6.07, 6.45) is 1.17. The van der Waals surface area contributed by atoms with Crippen LogP contribution in [0.15, 0.2) is 48.5 Å². The van der Waals surface area contributed by atoms with Gasteiger partial charge in [-0.15, -0.1) is 0 Å². The van der Waals surface area contributed by atoms with Gasteiger partial charge in [-0.25, -0.2) is 0 Å². The molecule has 0 bridgehead atoms. The summed E-state index contributed by atoms with van der Waals surface area (Å²) in [4.78, 5) is 2.48. The first kappa shape index (κ1) is 14.6. The van der Waals surface area contributed by atoms with E-state index in [0.29, 0.717) is 0 Å². The van der Waals surface area contributed by atoms with Crippen molar-refractivity contribution in [2.24, 2.45) is 0 Å². The lowest BCUT2D eigenvalue weighted by molar-refractivity contribution is 0.257. The summed E-state index contributed by atoms with van der Waals surface area (Å²) < 4.78 is 0. The minimum Gasteiger partial charge on any atom is -0.399 e. The number of hydrogen-bond acceptors (Lipinski definition) is 2. The van der Waals surface area contributed by atoms with Crippen LogP contribution in [0.4, 0.5) is 5.69 Å². The van der Waals surface area contributed by atoms with Gasteiger partial charge in [0.25, 0.3) is 0 Å². The van der Waals surface area contributed by atoms with Gasteiger partial charge in [-0.05, 0) is 43.1 Å². The summed E-state index contributed by atoms with van der Waals surface area (Å²) in [5.41, 5.74) is 10.6. The van der Waals surface area contributed by atoms with Crippen LogP contribution in [0.1, 0.15) is 30.0 Å². The molecule has 0 aliphatic heterocycles. The number of benzene rings is 2. The summed E-state index contributed by atoms with van der Waals surface area (Å²) in [6.45, 7) is 7.44. The average molecular weight is 268 g/mol. The molecule has 2 heteroatoms. The van der Waals surface area contributed by atoms with E-state index in [2.05, 4.69) is 55.1 Å². The lowest BCUT2D eigenvalue weighted by Gasteiger charge is -2.22. The third kappa shape index (κ3) is 4.39. The van der Waals surface area contributed by atoms with E-state index in [9.17, 15) is 0 Å². The fourth-order valence-electron chi connectivity index (χ4n) is 2.36. The minimum atomic E-state index is 0.828. The maximum atomic E-state index is 5.74. The standard InChI is InChI=1S/C18H24N2/c1-3-12-20(13-16-6-4-15(2)5-7-16)14-17-8-10-18(19)11-9-17/h4-11H,3,12-14,19H2,1-2H3. The number of aryl methyl sites for hydroxylation is 1. The third-order valence-electron chi connectivity index (χ3n) is 3.45. The first-order valence-corrected chi connectivity index (χ1v) is 7.29. The van der Waals surface area contributed by atoms with Crippen molar-refractivity contribution in [3.8, 4) is 0 Å². The largest absolute Gasteiger partial charge is 0.399 e. The van der Waals surface area contributed by atoms with E-state index in [-0.39, 0.29) is 0 Å². The van der Waals surface area contributed by atoms with Crippen LogP contribution >= 0.6 is 0 Å². The average Bonchev–Trinajstić information content (AvgIpc) is 2.44. The number of nitrogens with two attached hydrogens (primary N) is 1. The van der Waals surface area contributed by atoms with Gasteiger partial charge in [-0.3, -0.25) is 4.90 Å². The molecule has 0 heterocycles. The highest BCUT2D eigenvalue weighted by molar-refractivity contribution is 5.39. The molecule has 106 valence electrons. The van der Waals surface area contributed by atoms with Crippen molar-refractivity contribution in [3.05, 3.63) is 65.2 Å². The number of rotatable bonds is 6. The molecule has 2 rings (SSSR count). The maximum Gasteiger partial charge on any atom is 0.0314 e. The Balaban J connectivity index is 2.02. The quantitative estimate of drug-likeness (QED) is 0.803. The lowest BCUT2D eigenvalue weighted by Crippen LogP contribution is -2.23. The second-order valence-corrected chi connectivity index (χ2v) is 5.44. The molecule has 0 atom stereocenters. The Hall–Kier alpha value is -1.80. The van der Waals surface area contributed by atoms with Crippen molar-refractivity contribution in [1.29, 1.82) is 0 Å². The van der Waals surface area contributed by atoms with Crippen molar-refractivity contribution in [3.63, 3.8) is 0 Å². The Labute approximate surface area is 122 Å². The summed E-state index contributed by atoms with van der Waals surface area (Å²) in [6, 6.07) is 17.0. The molecule has 2 N–H and O–H groups in total. The SMILES string of the molecule is CCCN(Cc1ccc(C)cc1)Cc1ccc(N)cc1. The van der Waals surface area contributed by atoms with Crippen molar-refractivity contribution < 1.29 is 0 Å². The number of anilines is 1. The van der Waals surface area contributed by atoms with Gasteiger partial charge in [0.05, 0.1) is 0 Å². The van der Waals surface area contributed by atoms with Gasteiger partial charge in [0.15, 0.2) is 0 Å². The second kappa shape index (κ2) is 7.11. The van der Waals surface area contributed by atoms with Crippen molar-refractivity contribution in [2.45, 2.75) is 33.4 Å². The van der Waals surface area contributed by atoms with Crippen LogP contribution in [0.3, 0.4) is 0 Å². The molecule has 2 aromatic carbocycles. The monoisotopic (exact) mass is 268 g/mol. The molecular formula is C18H24N2. The summed E-state index contributed by atoms with van der Waals surface area (Å²) in [5.74, 6) is 0. The molecule has 2 nitrogen and oxygen atoms in total. The smallest absolute Gasteiger partial charge is 0.0314 e. The van der Waals surface area contributed by atoms with E-state index in [4.69, 9.17) is 5.73 Å². The zero-order chi connectivity index (χ0) is 14.4. The van der Waals surface area contributed by atoms with E-state index in [0.717, 1.165) is 25.3 Å². The van der Waals surface area contributed by atoms with Gasteiger partial charge in [0.2, 0.25) is 0 Å². The number of hydrogen-bond donors (Lipinski definition) is 1. The molecule has 0 aliphatic carbocycles. The Morgan fingerprint density at radius 2 is 1.35 bits per heavy atom. The minimum absolute atomic E-state index is 0.828. The molecule has 2 aromatic rings. The van der Waals surface area contributed by atoms with Gasteiger partial charge in [-0.1, -0.05) is 48.9 Å². The van der Waals surface area contributed by atoms with Crippen LogP contribution in [0.5, 0.6) is 0 Å². The van der Waals surface area contributed by atoms with Crippen LogP contribution < -0.4 is 5.73 Å². The summed E-state index contributed by atoms with van der Waals surface area (Å²) in [5, 5.41) is 0. The van der Waals surface area contributed by atoms with E-state index in [1.807, 2.05) is 12.1 Å². The lowest BCUT2D eigenvalue weighted by atomic mass is 10.1. The molecule has 0 aromatic heterocycles. The van der Waals surface area contributed by atoms with Gasteiger partial charge < -0.3 is 5.73 Å². The topological polar surface area (TPSA) is 29.3 Å². The van der Waals surface area contributed by atoms with Crippen molar-refractivity contribution in [1.82, 2.24) is 4.90 Å².